The summed E-state index contributed by atoms with van der Waals surface area (Å²) in [6, 6.07) is 0. The van der Waals surface area contributed by atoms with E-state index >= 15 is 0 Å². The molecule has 0 spiro atoms. The molecule has 1 atom stereocenters. The summed E-state index contributed by atoms with van der Waals surface area (Å²) in [5.74, 6) is 0.239. The van der Waals surface area contributed by atoms with Gasteiger partial charge in [0.25, 0.3) is 0 Å². The van der Waals surface area contributed by atoms with Gasteiger partial charge in [0.2, 0.25) is 0 Å². The quantitative estimate of drug-likeness (QED) is 0.433. The third-order valence-corrected chi connectivity index (χ3v) is 2.65. The second-order valence-electron chi connectivity index (χ2n) is 3.53. The fourth-order valence-corrected chi connectivity index (χ4v) is 1.51. The SMILES string of the molecule is CCCCCC(=O)C(Cl)CCCC. The highest BCUT2D eigenvalue weighted by Gasteiger charge is 2.13. The summed E-state index contributed by atoms with van der Waals surface area (Å²) in [5.41, 5.74) is 0. The van der Waals surface area contributed by atoms with E-state index in [0.717, 1.165) is 38.5 Å². The number of hydrogen-bond acceptors (Lipinski definition) is 1. The molecule has 0 aliphatic heterocycles. The predicted molar refractivity (Wildman–Crippen MR) is 58.3 cm³/mol. The first-order valence-corrected chi connectivity index (χ1v) is 5.82. The van der Waals surface area contributed by atoms with Gasteiger partial charge in [-0.3, -0.25) is 4.79 Å². The van der Waals surface area contributed by atoms with E-state index in [9.17, 15) is 4.79 Å². The maximum Gasteiger partial charge on any atom is 0.150 e. The van der Waals surface area contributed by atoms with Crippen LogP contribution in [0.25, 0.3) is 0 Å². The minimum atomic E-state index is -0.225. The van der Waals surface area contributed by atoms with Gasteiger partial charge in [-0.25, -0.2) is 0 Å². The van der Waals surface area contributed by atoms with Crippen molar-refractivity contribution in [2.75, 3.05) is 0 Å². The Hall–Kier alpha value is -0.0400. The Morgan fingerprint density at radius 3 is 2.31 bits per heavy atom. The average Bonchev–Trinajstić information content (AvgIpc) is 2.14. The summed E-state index contributed by atoms with van der Waals surface area (Å²) >= 11 is 5.94. The van der Waals surface area contributed by atoms with Crippen molar-refractivity contribution >= 4 is 17.4 Å². The zero-order valence-corrected chi connectivity index (χ0v) is 9.57. The van der Waals surface area contributed by atoms with Gasteiger partial charge >= 0.3 is 0 Å². The van der Waals surface area contributed by atoms with Crippen molar-refractivity contribution in [1.82, 2.24) is 0 Å². The van der Waals surface area contributed by atoms with Gasteiger partial charge < -0.3 is 0 Å². The first-order chi connectivity index (χ1) is 6.22. The topological polar surface area (TPSA) is 17.1 Å². The molecule has 0 aromatic heterocycles. The molecule has 1 unspecified atom stereocenters. The lowest BCUT2D eigenvalue weighted by Crippen LogP contribution is -2.13. The molecule has 0 rings (SSSR count). The highest BCUT2D eigenvalue weighted by atomic mass is 35.5. The highest BCUT2D eigenvalue weighted by Crippen LogP contribution is 2.12. The number of unbranched alkanes of at least 4 members (excludes halogenated alkanes) is 3. The Morgan fingerprint density at radius 1 is 1.15 bits per heavy atom. The van der Waals surface area contributed by atoms with Gasteiger partial charge in [-0.15, -0.1) is 11.6 Å². The third kappa shape index (κ3) is 7.06. The van der Waals surface area contributed by atoms with Crippen LogP contribution in [0.15, 0.2) is 0 Å². The second kappa shape index (κ2) is 8.55. The summed E-state index contributed by atoms with van der Waals surface area (Å²) in [7, 11) is 0. The molecule has 0 amide bonds. The minimum absolute atomic E-state index is 0.225. The molecule has 0 radical (unpaired) electrons. The molecule has 13 heavy (non-hydrogen) atoms. The zero-order valence-electron chi connectivity index (χ0n) is 8.81. The molecule has 0 aromatic rings. The lowest BCUT2D eigenvalue weighted by Gasteiger charge is -2.06. The highest BCUT2D eigenvalue weighted by molar-refractivity contribution is 6.31. The maximum atomic E-state index is 11.4. The standard InChI is InChI=1S/C11H21ClO/c1-3-5-7-9-11(13)10(12)8-6-4-2/h10H,3-9H2,1-2H3. The molecular weight excluding hydrogens is 184 g/mol. The van der Waals surface area contributed by atoms with Crippen LogP contribution in [0.5, 0.6) is 0 Å². The van der Waals surface area contributed by atoms with E-state index in [1.807, 2.05) is 0 Å². The summed E-state index contributed by atoms with van der Waals surface area (Å²) in [4.78, 5) is 11.4. The van der Waals surface area contributed by atoms with Crippen LogP contribution >= 0.6 is 11.6 Å². The van der Waals surface area contributed by atoms with Crippen molar-refractivity contribution in [3.8, 4) is 0 Å². The molecule has 0 N–H and O–H groups in total. The van der Waals surface area contributed by atoms with E-state index in [1.54, 1.807) is 0 Å². The molecular formula is C11H21ClO. The minimum Gasteiger partial charge on any atom is -0.298 e. The second-order valence-corrected chi connectivity index (χ2v) is 4.06. The molecule has 78 valence electrons. The lowest BCUT2D eigenvalue weighted by molar-refractivity contribution is -0.119. The molecule has 0 heterocycles. The Labute approximate surface area is 86.9 Å². The van der Waals surface area contributed by atoms with Gasteiger partial charge in [0.05, 0.1) is 5.38 Å². The van der Waals surface area contributed by atoms with Gasteiger partial charge in [-0.05, 0) is 12.8 Å². The summed E-state index contributed by atoms with van der Waals surface area (Å²) in [5, 5.41) is -0.225. The van der Waals surface area contributed by atoms with Gasteiger partial charge in [0, 0.05) is 6.42 Å². The largest absolute Gasteiger partial charge is 0.298 e. The van der Waals surface area contributed by atoms with E-state index < -0.39 is 0 Å². The van der Waals surface area contributed by atoms with Crippen molar-refractivity contribution < 1.29 is 4.79 Å². The van der Waals surface area contributed by atoms with Gasteiger partial charge in [0.1, 0.15) is 0 Å². The van der Waals surface area contributed by atoms with E-state index in [1.165, 1.54) is 0 Å². The van der Waals surface area contributed by atoms with E-state index in [2.05, 4.69) is 13.8 Å². The van der Waals surface area contributed by atoms with Crippen molar-refractivity contribution in [3.05, 3.63) is 0 Å². The Kier molecular flexibility index (Phi) is 8.53. The monoisotopic (exact) mass is 204 g/mol. The fraction of sp³-hybridized carbons (Fsp3) is 0.909. The lowest BCUT2D eigenvalue weighted by atomic mass is 10.1. The van der Waals surface area contributed by atoms with Crippen molar-refractivity contribution in [2.24, 2.45) is 0 Å². The number of halogens is 1. The Morgan fingerprint density at radius 2 is 1.77 bits per heavy atom. The molecule has 0 saturated carbocycles. The molecule has 0 aliphatic carbocycles. The zero-order chi connectivity index (χ0) is 10.1. The van der Waals surface area contributed by atoms with Crippen LogP contribution in [0.3, 0.4) is 0 Å². The van der Waals surface area contributed by atoms with Crippen LogP contribution in [0, 0.1) is 0 Å². The normalized spacial score (nSPS) is 12.8. The molecule has 0 bridgehead atoms. The average molecular weight is 205 g/mol. The van der Waals surface area contributed by atoms with Crippen LogP contribution in [0.1, 0.15) is 58.8 Å². The maximum absolute atomic E-state index is 11.4. The van der Waals surface area contributed by atoms with Gasteiger partial charge in [-0.2, -0.15) is 0 Å². The van der Waals surface area contributed by atoms with Crippen LogP contribution in [0.4, 0.5) is 0 Å². The number of alkyl halides is 1. The molecule has 2 heteroatoms. The van der Waals surface area contributed by atoms with Gasteiger partial charge in [-0.1, -0.05) is 39.5 Å². The smallest absolute Gasteiger partial charge is 0.150 e. The Balaban J connectivity index is 3.45. The van der Waals surface area contributed by atoms with Crippen molar-refractivity contribution in [3.63, 3.8) is 0 Å². The van der Waals surface area contributed by atoms with Crippen molar-refractivity contribution in [2.45, 2.75) is 64.2 Å². The molecule has 1 nitrogen and oxygen atoms in total. The molecule has 0 aromatic carbocycles. The summed E-state index contributed by atoms with van der Waals surface area (Å²) < 4.78 is 0. The first kappa shape index (κ1) is 13.0. The number of carbonyl (C=O) groups excluding carboxylic acids is 1. The number of carbonyl (C=O) groups is 1. The molecule has 0 saturated heterocycles. The number of Topliss-reactive ketones (excluding diaryl/α,β-unsaturated/α-hetero) is 1. The van der Waals surface area contributed by atoms with Crippen LogP contribution in [-0.2, 0) is 4.79 Å². The van der Waals surface area contributed by atoms with Crippen LogP contribution in [0.2, 0.25) is 0 Å². The van der Waals surface area contributed by atoms with E-state index in [0.29, 0.717) is 6.42 Å². The van der Waals surface area contributed by atoms with Gasteiger partial charge in [0.15, 0.2) is 5.78 Å². The molecule has 0 fully saturated rings. The number of hydrogen-bond donors (Lipinski definition) is 0. The van der Waals surface area contributed by atoms with Crippen LogP contribution < -0.4 is 0 Å². The summed E-state index contributed by atoms with van der Waals surface area (Å²) in [6.45, 7) is 4.25. The summed E-state index contributed by atoms with van der Waals surface area (Å²) in [6.07, 6.45) is 7.01. The van der Waals surface area contributed by atoms with E-state index in [-0.39, 0.29) is 11.2 Å². The Bertz CT molecular complexity index is 134. The van der Waals surface area contributed by atoms with Crippen molar-refractivity contribution in [1.29, 1.82) is 0 Å². The molecule has 0 aliphatic rings. The predicted octanol–water partition coefficient (Wildman–Crippen LogP) is 3.93. The van der Waals surface area contributed by atoms with E-state index in [4.69, 9.17) is 11.6 Å². The number of rotatable bonds is 8. The van der Waals surface area contributed by atoms with Crippen LogP contribution in [-0.4, -0.2) is 11.2 Å². The number of ketones is 1. The fourth-order valence-electron chi connectivity index (χ4n) is 1.25. The first-order valence-electron chi connectivity index (χ1n) is 5.39. The third-order valence-electron chi connectivity index (χ3n) is 2.19.